The SMILES string of the molecule is Cc1cc(C(=O)OBr)cc([N+](=O)[O-])c1. The fourth-order valence-corrected chi connectivity index (χ4v) is 1.22. The minimum atomic E-state index is -0.656. The van der Waals surface area contributed by atoms with Crippen LogP contribution in [0, 0.1) is 17.0 Å². The number of non-ortho nitro benzene ring substituents is 1. The van der Waals surface area contributed by atoms with Gasteiger partial charge in [0.25, 0.3) is 5.69 Å². The Morgan fingerprint density at radius 3 is 2.64 bits per heavy atom. The smallest absolute Gasteiger partial charge is 0.349 e. The third-order valence-corrected chi connectivity index (χ3v) is 1.87. The van der Waals surface area contributed by atoms with Crippen LogP contribution in [0.4, 0.5) is 5.69 Å². The van der Waals surface area contributed by atoms with Crippen molar-refractivity contribution in [1.29, 1.82) is 0 Å². The Morgan fingerprint density at radius 2 is 2.14 bits per heavy atom. The molecule has 0 radical (unpaired) electrons. The predicted octanol–water partition coefficient (Wildman–Crippen LogP) is 2.37. The largest absolute Gasteiger partial charge is 0.380 e. The van der Waals surface area contributed by atoms with Crippen molar-refractivity contribution in [3.63, 3.8) is 0 Å². The lowest BCUT2D eigenvalue weighted by Crippen LogP contribution is -2.00. The minimum absolute atomic E-state index is 0.127. The molecule has 14 heavy (non-hydrogen) atoms. The van der Waals surface area contributed by atoms with Crippen molar-refractivity contribution in [2.24, 2.45) is 0 Å². The van der Waals surface area contributed by atoms with Crippen LogP contribution >= 0.6 is 16.3 Å². The van der Waals surface area contributed by atoms with E-state index in [1.165, 1.54) is 12.1 Å². The number of carbonyl (C=O) groups excluding carboxylic acids is 1. The third-order valence-electron chi connectivity index (χ3n) is 1.58. The second-order valence-electron chi connectivity index (χ2n) is 2.68. The fourth-order valence-electron chi connectivity index (χ4n) is 1.03. The standard InChI is InChI=1S/C8H6BrNO4/c1-5-2-6(8(11)14-9)4-7(3-5)10(12)13/h2-4H,1H3. The van der Waals surface area contributed by atoms with E-state index < -0.39 is 10.9 Å². The van der Waals surface area contributed by atoms with Crippen LogP contribution < -0.4 is 0 Å². The number of aryl methyl sites for hydroxylation is 1. The quantitative estimate of drug-likeness (QED) is 0.604. The molecule has 0 saturated carbocycles. The third kappa shape index (κ3) is 2.29. The van der Waals surface area contributed by atoms with Gasteiger partial charge in [-0.1, -0.05) is 0 Å². The highest BCUT2D eigenvalue weighted by Crippen LogP contribution is 2.17. The molecule has 5 nitrogen and oxygen atoms in total. The molecular weight excluding hydrogens is 254 g/mol. The number of nitro benzene ring substituents is 1. The van der Waals surface area contributed by atoms with Crippen molar-refractivity contribution in [3.8, 4) is 0 Å². The van der Waals surface area contributed by atoms with E-state index in [0.29, 0.717) is 5.56 Å². The summed E-state index contributed by atoms with van der Waals surface area (Å²) in [6.07, 6.45) is 0. The van der Waals surface area contributed by atoms with Gasteiger partial charge >= 0.3 is 5.97 Å². The van der Waals surface area contributed by atoms with E-state index >= 15 is 0 Å². The molecule has 1 rings (SSSR count). The molecule has 0 spiro atoms. The molecule has 0 aliphatic rings. The van der Waals surface area contributed by atoms with E-state index in [2.05, 4.69) is 20.1 Å². The van der Waals surface area contributed by atoms with Gasteiger partial charge in [-0.15, -0.1) is 0 Å². The summed E-state index contributed by atoms with van der Waals surface area (Å²) in [7, 11) is 0. The highest BCUT2D eigenvalue weighted by Gasteiger charge is 2.13. The van der Waals surface area contributed by atoms with E-state index in [-0.39, 0.29) is 11.3 Å². The van der Waals surface area contributed by atoms with E-state index in [1.807, 2.05) is 0 Å². The molecule has 0 unspecified atom stereocenters. The van der Waals surface area contributed by atoms with E-state index in [0.717, 1.165) is 6.07 Å². The Kier molecular flexibility index (Phi) is 3.19. The van der Waals surface area contributed by atoms with Gasteiger partial charge in [0.05, 0.1) is 10.5 Å². The lowest BCUT2D eigenvalue weighted by molar-refractivity contribution is -0.384. The molecule has 6 heteroatoms. The van der Waals surface area contributed by atoms with Crippen LogP contribution in [0.2, 0.25) is 0 Å². The number of carbonyl (C=O) groups is 1. The first kappa shape index (κ1) is 10.6. The van der Waals surface area contributed by atoms with Gasteiger partial charge in [-0.25, -0.2) is 4.79 Å². The van der Waals surface area contributed by atoms with Crippen LogP contribution in [-0.2, 0) is 3.83 Å². The maximum absolute atomic E-state index is 11.0. The Balaban J connectivity index is 3.20. The Morgan fingerprint density at radius 1 is 1.50 bits per heavy atom. The first-order chi connectivity index (χ1) is 6.54. The van der Waals surface area contributed by atoms with E-state index in [4.69, 9.17) is 0 Å². The van der Waals surface area contributed by atoms with Crippen molar-refractivity contribution in [2.75, 3.05) is 0 Å². The fraction of sp³-hybridized carbons (Fsp3) is 0.125. The number of nitrogens with zero attached hydrogens (tertiary/aromatic N) is 1. The monoisotopic (exact) mass is 259 g/mol. The second kappa shape index (κ2) is 4.19. The molecule has 0 aliphatic heterocycles. The number of rotatable bonds is 2. The first-order valence-corrected chi connectivity index (χ1v) is 4.28. The summed E-state index contributed by atoms with van der Waals surface area (Å²) in [6.45, 7) is 1.66. The van der Waals surface area contributed by atoms with Crippen LogP contribution in [-0.4, -0.2) is 10.9 Å². The molecule has 1 aromatic rings. The topological polar surface area (TPSA) is 69.4 Å². The van der Waals surface area contributed by atoms with Crippen LogP contribution in [0.1, 0.15) is 15.9 Å². The number of hydrogen-bond acceptors (Lipinski definition) is 4. The molecule has 0 bridgehead atoms. The van der Waals surface area contributed by atoms with Gasteiger partial charge in [0.1, 0.15) is 0 Å². The molecule has 0 atom stereocenters. The Bertz CT molecular complexity index is 391. The number of hydrogen-bond donors (Lipinski definition) is 0. The van der Waals surface area contributed by atoms with Crippen molar-refractivity contribution in [1.82, 2.24) is 0 Å². The zero-order valence-corrected chi connectivity index (χ0v) is 8.78. The number of nitro groups is 1. The molecule has 0 heterocycles. The van der Waals surface area contributed by atoms with E-state index in [9.17, 15) is 14.9 Å². The average Bonchev–Trinajstić information content (AvgIpc) is 2.15. The zero-order chi connectivity index (χ0) is 10.7. The molecule has 0 fully saturated rings. The number of halogens is 1. The van der Waals surface area contributed by atoms with Gasteiger partial charge in [0.2, 0.25) is 0 Å². The summed E-state index contributed by atoms with van der Waals surface area (Å²) in [6, 6.07) is 4.05. The summed E-state index contributed by atoms with van der Waals surface area (Å²) in [5, 5.41) is 10.5. The summed E-state index contributed by atoms with van der Waals surface area (Å²) in [4.78, 5) is 20.9. The molecule has 1 aromatic carbocycles. The van der Waals surface area contributed by atoms with Crippen molar-refractivity contribution in [3.05, 3.63) is 39.4 Å². The molecule has 0 aromatic heterocycles. The minimum Gasteiger partial charge on any atom is -0.380 e. The maximum Gasteiger partial charge on any atom is 0.349 e. The van der Waals surface area contributed by atoms with Gasteiger partial charge in [-0.05, 0) is 18.6 Å². The van der Waals surface area contributed by atoms with Crippen LogP contribution in [0.3, 0.4) is 0 Å². The van der Waals surface area contributed by atoms with Gasteiger partial charge in [0.15, 0.2) is 16.3 Å². The summed E-state index contributed by atoms with van der Waals surface area (Å²) < 4.78 is 4.28. The van der Waals surface area contributed by atoms with Crippen molar-refractivity contribution < 1.29 is 13.5 Å². The lowest BCUT2D eigenvalue weighted by atomic mass is 10.1. The van der Waals surface area contributed by atoms with Crippen LogP contribution in [0.15, 0.2) is 18.2 Å². The Labute approximate surface area is 88.3 Å². The average molecular weight is 260 g/mol. The van der Waals surface area contributed by atoms with Gasteiger partial charge in [-0.3, -0.25) is 10.1 Å². The second-order valence-corrected chi connectivity index (χ2v) is 3.00. The van der Waals surface area contributed by atoms with Gasteiger partial charge in [-0.2, -0.15) is 0 Å². The van der Waals surface area contributed by atoms with Gasteiger partial charge < -0.3 is 3.83 Å². The molecule has 74 valence electrons. The lowest BCUT2D eigenvalue weighted by Gasteiger charge is -1.99. The molecule has 0 N–H and O–H groups in total. The zero-order valence-electron chi connectivity index (χ0n) is 7.19. The van der Waals surface area contributed by atoms with Crippen LogP contribution in [0.25, 0.3) is 0 Å². The van der Waals surface area contributed by atoms with Crippen LogP contribution in [0.5, 0.6) is 0 Å². The molecule has 0 saturated heterocycles. The van der Waals surface area contributed by atoms with E-state index in [1.54, 1.807) is 6.92 Å². The molecule has 0 aliphatic carbocycles. The molecular formula is C8H6BrNO4. The normalized spacial score (nSPS) is 9.57. The van der Waals surface area contributed by atoms with Crippen molar-refractivity contribution >= 4 is 27.9 Å². The first-order valence-electron chi connectivity index (χ1n) is 3.63. The summed E-state index contributed by atoms with van der Waals surface area (Å²) in [5.74, 6) is -0.656. The summed E-state index contributed by atoms with van der Waals surface area (Å²) >= 11 is 2.52. The molecule has 0 amide bonds. The van der Waals surface area contributed by atoms with Gasteiger partial charge in [0, 0.05) is 12.1 Å². The highest BCUT2D eigenvalue weighted by molar-refractivity contribution is 9.06. The van der Waals surface area contributed by atoms with Crippen molar-refractivity contribution in [2.45, 2.75) is 6.92 Å². The summed E-state index contributed by atoms with van der Waals surface area (Å²) in [5.41, 5.74) is 0.651. The highest BCUT2D eigenvalue weighted by atomic mass is 79.9. The Hall–Kier alpha value is -1.43. The predicted molar refractivity (Wildman–Crippen MR) is 52.2 cm³/mol. The maximum atomic E-state index is 11.0. The number of benzene rings is 1.